The molecular weight excluding hydrogens is 386 g/mol. The molecule has 0 spiro atoms. The fourth-order valence-electron chi connectivity index (χ4n) is 2.91. The highest BCUT2D eigenvalue weighted by Gasteiger charge is 2.13. The summed E-state index contributed by atoms with van der Waals surface area (Å²) in [4.78, 5) is 0.222. The fraction of sp³-hybridized carbons (Fsp3) is 0.217. The van der Waals surface area contributed by atoms with Gasteiger partial charge in [-0.2, -0.15) is 0 Å². The Labute approximate surface area is 172 Å². The van der Waals surface area contributed by atoms with Crippen LogP contribution in [-0.4, -0.2) is 26.2 Å². The van der Waals surface area contributed by atoms with Gasteiger partial charge in [0.15, 0.2) is 0 Å². The lowest BCUT2D eigenvalue weighted by Crippen LogP contribution is -2.14. The van der Waals surface area contributed by atoms with Crippen molar-refractivity contribution in [2.24, 2.45) is 0 Å². The van der Waals surface area contributed by atoms with E-state index in [0.29, 0.717) is 31.6 Å². The topological polar surface area (TPSA) is 75.6 Å². The van der Waals surface area contributed by atoms with Gasteiger partial charge in [0, 0.05) is 12.1 Å². The average molecular weight is 412 g/mol. The zero-order valence-electron chi connectivity index (χ0n) is 16.1. The molecule has 6 heteroatoms. The van der Waals surface area contributed by atoms with Gasteiger partial charge in [-0.1, -0.05) is 48.5 Å². The second-order valence-electron chi connectivity index (χ2n) is 6.76. The van der Waals surface area contributed by atoms with E-state index in [-0.39, 0.29) is 4.90 Å². The molecule has 3 rings (SSSR count). The van der Waals surface area contributed by atoms with E-state index in [9.17, 15) is 13.5 Å². The number of rotatable bonds is 10. The Morgan fingerprint density at radius 1 is 0.862 bits per heavy atom. The summed E-state index contributed by atoms with van der Waals surface area (Å²) in [5, 5.41) is 10.2. The lowest BCUT2D eigenvalue weighted by Gasteiger charge is -2.13. The first-order chi connectivity index (χ1) is 14.0. The molecule has 0 aromatic heterocycles. The maximum Gasteiger partial charge on any atom is 0.261 e. The Morgan fingerprint density at radius 2 is 1.55 bits per heavy atom. The van der Waals surface area contributed by atoms with Crippen LogP contribution in [0.4, 0.5) is 5.69 Å². The molecule has 3 aromatic rings. The van der Waals surface area contributed by atoms with Gasteiger partial charge in [-0.25, -0.2) is 8.42 Å². The number of benzene rings is 3. The van der Waals surface area contributed by atoms with Crippen molar-refractivity contribution in [3.05, 3.63) is 90.5 Å². The summed E-state index contributed by atoms with van der Waals surface area (Å²) < 4.78 is 33.1. The lowest BCUT2D eigenvalue weighted by atomic mass is 10.0. The van der Waals surface area contributed by atoms with Crippen molar-refractivity contribution < 1.29 is 18.3 Å². The van der Waals surface area contributed by atoms with E-state index in [4.69, 9.17) is 4.74 Å². The molecule has 5 nitrogen and oxygen atoms in total. The SMILES string of the molecule is O=S(=O)(Nc1cccc(CC[C@@H](O)CCOc2ccccc2)c1)c1ccccc1. The maximum absolute atomic E-state index is 12.4. The van der Waals surface area contributed by atoms with E-state index in [0.717, 1.165) is 11.3 Å². The Hall–Kier alpha value is -2.83. The molecule has 0 fully saturated rings. The van der Waals surface area contributed by atoms with Crippen LogP contribution in [0.3, 0.4) is 0 Å². The minimum absolute atomic E-state index is 0.222. The summed E-state index contributed by atoms with van der Waals surface area (Å²) in [6.07, 6.45) is 1.28. The van der Waals surface area contributed by atoms with E-state index in [1.165, 1.54) is 0 Å². The van der Waals surface area contributed by atoms with Crippen LogP contribution in [0, 0.1) is 0 Å². The molecule has 0 radical (unpaired) electrons. The van der Waals surface area contributed by atoms with Crippen LogP contribution in [0.15, 0.2) is 89.8 Å². The summed E-state index contributed by atoms with van der Waals surface area (Å²) in [7, 11) is -3.62. The van der Waals surface area contributed by atoms with Gasteiger partial charge in [0.1, 0.15) is 5.75 Å². The summed E-state index contributed by atoms with van der Waals surface area (Å²) in [6.45, 7) is 0.447. The first-order valence-corrected chi connectivity index (χ1v) is 11.0. The number of sulfonamides is 1. The van der Waals surface area contributed by atoms with Gasteiger partial charge in [0.2, 0.25) is 0 Å². The molecule has 3 aromatic carbocycles. The summed E-state index contributed by atoms with van der Waals surface area (Å²) in [5.41, 5.74) is 1.47. The Kier molecular flexibility index (Phi) is 7.27. The molecule has 29 heavy (non-hydrogen) atoms. The van der Waals surface area contributed by atoms with Crippen molar-refractivity contribution in [2.45, 2.75) is 30.3 Å². The van der Waals surface area contributed by atoms with E-state index in [1.807, 2.05) is 42.5 Å². The first kappa shape index (κ1) is 20.9. The van der Waals surface area contributed by atoms with Crippen molar-refractivity contribution >= 4 is 15.7 Å². The summed E-state index contributed by atoms with van der Waals surface area (Å²) >= 11 is 0. The predicted octanol–water partition coefficient (Wildman–Crippen LogP) is 4.25. The maximum atomic E-state index is 12.4. The van der Waals surface area contributed by atoms with Gasteiger partial charge in [-0.3, -0.25) is 4.72 Å². The lowest BCUT2D eigenvalue weighted by molar-refractivity contribution is 0.131. The van der Waals surface area contributed by atoms with Crippen LogP contribution in [0.2, 0.25) is 0 Å². The van der Waals surface area contributed by atoms with Gasteiger partial charge < -0.3 is 9.84 Å². The smallest absolute Gasteiger partial charge is 0.261 e. The quantitative estimate of drug-likeness (QED) is 0.523. The van der Waals surface area contributed by atoms with Crippen LogP contribution in [0.5, 0.6) is 5.75 Å². The second kappa shape index (κ2) is 10.1. The molecule has 0 aliphatic heterocycles. The Balaban J connectivity index is 1.49. The molecule has 0 amide bonds. The van der Waals surface area contributed by atoms with Crippen molar-refractivity contribution in [3.63, 3.8) is 0 Å². The molecule has 0 aliphatic carbocycles. The number of aliphatic hydroxyl groups is 1. The van der Waals surface area contributed by atoms with E-state index in [1.54, 1.807) is 42.5 Å². The zero-order valence-corrected chi connectivity index (χ0v) is 16.9. The molecule has 0 aliphatic rings. The average Bonchev–Trinajstić information content (AvgIpc) is 2.74. The third-order valence-electron chi connectivity index (χ3n) is 4.46. The van der Waals surface area contributed by atoms with Crippen LogP contribution < -0.4 is 9.46 Å². The summed E-state index contributed by atoms with van der Waals surface area (Å²) in [5.74, 6) is 0.790. The normalized spacial score (nSPS) is 12.3. The van der Waals surface area contributed by atoms with Gasteiger partial charge in [0.05, 0.1) is 17.6 Å². The van der Waals surface area contributed by atoms with Crippen molar-refractivity contribution in [1.29, 1.82) is 0 Å². The van der Waals surface area contributed by atoms with E-state index < -0.39 is 16.1 Å². The largest absolute Gasteiger partial charge is 0.493 e. The number of ether oxygens (including phenoxy) is 1. The molecule has 152 valence electrons. The number of para-hydroxylation sites is 1. The van der Waals surface area contributed by atoms with Crippen LogP contribution in [-0.2, 0) is 16.4 Å². The summed E-state index contributed by atoms with van der Waals surface area (Å²) in [6, 6.07) is 25.0. The molecule has 0 heterocycles. The Bertz CT molecular complexity index is 992. The highest BCUT2D eigenvalue weighted by molar-refractivity contribution is 7.92. The third kappa shape index (κ3) is 6.62. The van der Waals surface area contributed by atoms with E-state index in [2.05, 4.69) is 4.72 Å². The van der Waals surface area contributed by atoms with Crippen molar-refractivity contribution in [3.8, 4) is 5.75 Å². The highest BCUT2D eigenvalue weighted by atomic mass is 32.2. The molecular formula is C23H25NO4S. The van der Waals surface area contributed by atoms with Gasteiger partial charge in [-0.05, 0) is 54.8 Å². The Morgan fingerprint density at radius 3 is 2.28 bits per heavy atom. The minimum atomic E-state index is -3.62. The van der Waals surface area contributed by atoms with Crippen LogP contribution >= 0.6 is 0 Å². The van der Waals surface area contributed by atoms with Gasteiger partial charge in [-0.15, -0.1) is 0 Å². The van der Waals surface area contributed by atoms with Crippen molar-refractivity contribution in [2.75, 3.05) is 11.3 Å². The van der Waals surface area contributed by atoms with Crippen LogP contribution in [0.25, 0.3) is 0 Å². The van der Waals surface area contributed by atoms with Gasteiger partial charge in [0.25, 0.3) is 10.0 Å². The second-order valence-corrected chi connectivity index (χ2v) is 8.44. The molecule has 0 bridgehead atoms. The van der Waals surface area contributed by atoms with E-state index >= 15 is 0 Å². The molecule has 0 saturated heterocycles. The molecule has 0 unspecified atom stereocenters. The number of aliphatic hydroxyl groups excluding tert-OH is 1. The fourth-order valence-corrected chi connectivity index (χ4v) is 3.98. The third-order valence-corrected chi connectivity index (χ3v) is 5.86. The monoisotopic (exact) mass is 411 g/mol. The first-order valence-electron chi connectivity index (χ1n) is 9.56. The molecule has 0 saturated carbocycles. The van der Waals surface area contributed by atoms with Crippen molar-refractivity contribution in [1.82, 2.24) is 0 Å². The number of hydrogen-bond donors (Lipinski definition) is 2. The number of hydrogen-bond acceptors (Lipinski definition) is 4. The number of aryl methyl sites for hydroxylation is 1. The molecule has 2 N–H and O–H groups in total. The van der Waals surface area contributed by atoms with Gasteiger partial charge >= 0.3 is 0 Å². The van der Waals surface area contributed by atoms with Crippen LogP contribution in [0.1, 0.15) is 18.4 Å². The number of anilines is 1. The zero-order chi connectivity index (χ0) is 20.5. The molecule has 1 atom stereocenters. The standard InChI is InChI=1S/C23H25NO4S/c25-21(16-17-28-22-10-3-1-4-11-22)15-14-19-8-7-9-20(18-19)24-29(26,27)23-12-5-2-6-13-23/h1-13,18,21,24-25H,14-17H2/t21-/m1/s1. The number of nitrogens with one attached hydrogen (secondary N) is 1. The predicted molar refractivity (Wildman–Crippen MR) is 115 cm³/mol. The highest BCUT2D eigenvalue weighted by Crippen LogP contribution is 2.18. The minimum Gasteiger partial charge on any atom is -0.493 e.